The van der Waals surface area contributed by atoms with E-state index in [0.29, 0.717) is 48.2 Å². The standard InChI is InChI=1S/C25H32N2O5/c1-14(2)13-26-20-10-8-17-18(12-21(20)29)19(27-15(3)28)9-7-16-11-22(30-4)24(31-5)25(32-6)23(16)17/h8,10-12,14,19H,7,9,13H2,1-6H3,(H,26,29)(H,27,28). The summed E-state index contributed by atoms with van der Waals surface area (Å²) in [6.45, 7) is 6.34. The second-order valence-corrected chi connectivity index (χ2v) is 8.37. The normalized spacial score (nSPS) is 14.7. The van der Waals surface area contributed by atoms with E-state index in [1.165, 1.54) is 6.92 Å². The molecular weight excluding hydrogens is 408 g/mol. The fourth-order valence-electron chi connectivity index (χ4n) is 4.17. The molecule has 2 aromatic carbocycles. The van der Waals surface area contributed by atoms with E-state index < -0.39 is 0 Å². The Morgan fingerprint density at radius 3 is 2.41 bits per heavy atom. The molecule has 0 radical (unpaired) electrons. The van der Waals surface area contributed by atoms with Crippen LogP contribution in [-0.2, 0) is 11.2 Å². The number of amides is 1. The molecule has 1 unspecified atom stereocenters. The van der Waals surface area contributed by atoms with Crippen molar-refractivity contribution >= 4 is 11.6 Å². The van der Waals surface area contributed by atoms with E-state index in [2.05, 4.69) is 24.5 Å². The van der Waals surface area contributed by atoms with Crippen molar-refractivity contribution in [2.24, 2.45) is 5.92 Å². The molecule has 3 rings (SSSR count). The van der Waals surface area contributed by atoms with Gasteiger partial charge < -0.3 is 24.8 Å². The fourth-order valence-corrected chi connectivity index (χ4v) is 4.17. The largest absolute Gasteiger partial charge is 0.493 e. The fraction of sp³-hybridized carbons (Fsp3) is 0.440. The Balaban J connectivity index is 2.33. The Labute approximate surface area is 189 Å². The second kappa shape index (κ2) is 9.94. The second-order valence-electron chi connectivity index (χ2n) is 8.37. The van der Waals surface area contributed by atoms with Crippen LogP contribution in [0.15, 0.2) is 29.1 Å². The zero-order chi connectivity index (χ0) is 23.4. The summed E-state index contributed by atoms with van der Waals surface area (Å²) < 4.78 is 16.9. The maximum absolute atomic E-state index is 13.1. The molecule has 32 heavy (non-hydrogen) atoms. The van der Waals surface area contributed by atoms with Crippen molar-refractivity contribution in [2.45, 2.75) is 39.7 Å². The summed E-state index contributed by atoms with van der Waals surface area (Å²) in [5.74, 6) is 1.85. The van der Waals surface area contributed by atoms with Crippen LogP contribution in [0.25, 0.3) is 11.1 Å². The molecule has 0 aromatic heterocycles. The quantitative estimate of drug-likeness (QED) is 0.679. The van der Waals surface area contributed by atoms with E-state index in [4.69, 9.17) is 14.2 Å². The third kappa shape index (κ3) is 4.66. The minimum atomic E-state index is -0.311. The number of ether oxygens (including phenoxy) is 3. The molecule has 1 amide bonds. The number of carbonyl (C=O) groups is 1. The maximum Gasteiger partial charge on any atom is 0.217 e. The van der Waals surface area contributed by atoms with Crippen molar-refractivity contribution in [1.82, 2.24) is 5.32 Å². The number of benzene rings is 1. The first-order valence-electron chi connectivity index (χ1n) is 10.8. The first-order valence-corrected chi connectivity index (χ1v) is 10.8. The third-order valence-electron chi connectivity index (χ3n) is 5.62. The van der Waals surface area contributed by atoms with Gasteiger partial charge in [-0.25, -0.2) is 0 Å². The van der Waals surface area contributed by atoms with E-state index in [0.717, 1.165) is 22.3 Å². The predicted octanol–water partition coefficient (Wildman–Crippen LogP) is 3.93. The number of methoxy groups -OCH3 is 3. The zero-order valence-electron chi connectivity index (χ0n) is 19.6. The number of aryl methyl sites for hydroxylation is 1. The first kappa shape index (κ1) is 23.4. The number of nitrogens with one attached hydrogen (secondary N) is 2. The molecule has 7 nitrogen and oxygen atoms in total. The molecule has 0 spiro atoms. The lowest BCUT2D eigenvalue weighted by atomic mass is 9.95. The van der Waals surface area contributed by atoms with Crippen LogP contribution in [-0.4, -0.2) is 33.8 Å². The van der Waals surface area contributed by atoms with Gasteiger partial charge in [0, 0.05) is 19.0 Å². The molecule has 0 saturated heterocycles. The summed E-state index contributed by atoms with van der Waals surface area (Å²) in [7, 11) is 4.75. The summed E-state index contributed by atoms with van der Waals surface area (Å²) >= 11 is 0. The number of carbonyl (C=O) groups excluding carboxylic acids is 1. The highest BCUT2D eigenvalue weighted by Crippen LogP contribution is 2.50. The average Bonchev–Trinajstić information content (AvgIpc) is 2.99. The van der Waals surface area contributed by atoms with Gasteiger partial charge in [0.1, 0.15) is 0 Å². The van der Waals surface area contributed by atoms with Gasteiger partial charge in [-0.2, -0.15) is 0 Å². The Kier molecular flexibility index (Phi) is 7.28. The smallest absolute Gasteiger partial charge is 0.217 e. The van der Waals surface area contributed by atoms with Gasteiger partial charge >= 0.3 is 0 Å². The molecule has 0 bridgehead atoms. The lowest BCUT2D eigenvalue weighted by Gasteiger charge is -2.19. The van der Waals surface area contributed by atoms with Crippen LogP contribution in [0.5, 0.6) is 17.2 Å². The lowest BCUT2D eigenvalue weighted by Crippen LogP contribution is -2.26. The summed E-state index contributed by atoms with van der Waals surface area (Å²) in [5.41, 5.74) is 3.83. The van der Waals surface area contributed by atoms with E-state index >= 15 is 0 Å². The minimum absolute atomic E-state index is 0.120. The molecule has 0 aliphatic heterocycles. The highest BCUT2D eigenvalue weighted by molar-refractivity contribution is 5.83. The van der Waals surface area contributed by atoms with Crippen LogP contribution in [0.3, 0.4) is 0 Å². The molecule has 2 aromatic rings. The molecule has 1 aliphatic rings. The van der Waals surface area contributed by atoms with Gasteiger partial charge in [0.2, 0.25) is 17.1 Å². The molecule has 1 aliphatic carbocycles. The van der Waals surface area contributed by atoms with Crippen LogP contribution < -0.4 is 30.3 Å². The summed E-state index contributed by atoms with van der Waals surface area (Å²) in [6, 6.07) is 6.99. The molecule has 2 N–H and O–H groups in total. The number of anilines is 1. The van der Waals surface area contributed by atoms with E-state index in [1.807, 2.05) is 12.1 Å². The third-order valence-corrected chi connectivity index (χ3v) is 5.62. The van der Waals surface area contributed by atoms with Crippen LogP contribution >= 0.6 is 0 Å². The van der Waals surface area contributed by atoms with Gasteiger partial charge in [0.15, 0.2) is 11.5 Å². The number of hydrogen-bond donors (Lipinski definition) is 2. The van der Waals surface area contributed by atoms with Crippen molar-refractivity contribution in [3.63, 3.8) is 0 Å². The predicted molar refractivity (Wildman–Crippen MR) is 126 cm³/mol. The molecule has 0 heterocycles. The van der Waals surface area contributed by atoms with Gasteiger partial charge in [-0.15, -0.1) is 0 Å². The van der Waals surface area contributed by atoms with Gasteiger partial charge in [-0.05, 0) is 53.6 Å². The van der Waals surface area contributed by atoms with Crippen molar-refractivity contribution in [3.05, 3.63) is 45.6 Å². The average molecular weight is 441 g/mol. The van der Waals surface area contributed by atoms with Crippen LogP contribution in [0, 0.1) is 5.92 Å². The minimum Gasteiger partial charge on any atom is -0.493 e. The van der Waals surface area contributed by atoms with Crippen molar-refractivity contribution in [1.29, 1.82) is 0 Å². The Hall–Kier alpha value is -3.22. The van der Waals surface area contributed by atoms with Crippen LogP contribution in [0.1, 0.15) is 44.4 Å². The van der Waals surface area contributed by atoms with Gasteiger partial charge in [0.05, 0.1) is 33.1 Å². The zero-order valence-corrected chi connectivity index (χ0v) is 19.6. The van der Waals surface area contributed by atoms with Gasteiger partial charge in [0.25, 0.3) is 0 Å². The Morgan fingerprint density at radius 1 is 1.09 bits per heavy atom. The van der Waals surface area contributed by atoms with E-state index in [-0.39, 0.29) is 17.4 Å². The monoisotopic (exact) mass is 440 g/mol. The van der Waals surface area contributed by atoms with Crippen LogP contribution in [0.4, 0.5) is 5.69 Å². The summed E-state index contributed by atoms with van der Waals surface area (Å²) in [4.78, 5) is 25.1. The Morgan fingerprint density at radius 2 is 1.81 bits per heavy atom. The van der Waals surface area contributed by atoms with Crippen LogP contribution in [0.2, 0.25) is 0 Å². The van der Waals surface area contributed by atoms with Crippen molar-refractivity contribution in [2.75, 3.05) is 33.2 Å². The number of rotatable bonds is 7. The van der Waals surface area contributed by atoms with E-state index in [9.17, 15) is 9.59 Å². The Bertz CT molecular complexity index is 1060. The van der Waals surface area contributed by atoms with Gasteiger partial charge in [-0.1, -0.05) is 19.9 Å². The summed E-state index contributed by atoms with van der Waals surface area (Å²) in [6.07, 6.45) is 1.30. The van der Waals surface area contributed by atoms with Gasteiger partial charge in [-0.3, -0.25) is 9.59 Å². The highest BCUT2D eigenvalue weighted by atomic mass is 16.5. The molecule has 1 atom stereocenters. The molecule has 172 valence electrons. The summed E-state index contributed by atoms with van der Waals surface area (Å²) in [5, 5.41) is 6.26. The molecule has 0 saturated carbocycles. The lowest BCUT2D eigenvalue weighted by molar-refractivity contribution is -0.119. The van der Waals surface area contributed by atoms with Crippen molar-refractivity contribution < 1.29 is 19.0 Å². The SMILES string of the molecule is COc1cc2c(c(OC)c1OC)-c1ccc(NCC(C)C)c(=O)cc1C(NC(C)=O)CC2. The maximum atomic E-state index is 13.1. The number of fused-ring (bicyclic) bond motifs is 3. The van der Waals surface area contributed by atoms with Crippen molar-refractivity contribution in [3.8, 4) is 28.4 Å². The topological polar surface area (TPSA) is 85.9 Å². The first-order chi connectivity index (χ1) is 15.3. The highest BCUT2D eigenvalue weighted by Gasteiger charge is 2.29. The number of hydrogen-bond acceptors (Lipinski definition) is 6. The van der Waals surface area contributed by atoms with E-state index in [1.54, 1.807) is 33.5 Å². The molecule has 0 fully saturated rings. The molecular formula is C25H32N2O5. The molecule has 7 heteroatoms.